The summed E-state index contributed by atoms with van der Waals surface area (Å²) in [6, 6.07) is 6.46. The maximum Gasteiger partial charge on any atom is 0.309 e. The van der Waals surface area contributed by atoms with E-state index in [1.807, 2.05) is 0 Å². The van der Waals surface area contributed by atoms with Gasteiger partial charge in [-0.3, -0.25) is 14.8 Å². The normalized spacial score (nSPS) is 14.1. The average Bonchev–Trinajstić information content (AvgIpc) is 3.22. The molecule has 2 heterocycles. The van der Waals surface area contributed by atoms with E-state index in [2.05, 4.69) is 10.5 Å². The first-order chi connectivity index (χ1) is 20.0. The number of hydrogen-bond acceptors (Lipinski definition) is 8. The van der Waals surface area contributed by atoms with Gasteiger partial charge in [-0.25, -0.2) is 18.5 Å². The molecular formula is C26H30Cl2F2N4O7S2. The van der Waals surface area contributed by atoms with Crippen LogP contribution in [0.3, 0.4) is 0 Å². The number of piperidine rings is 1. The lowest BCUT2D eigenvalue weighted by Crippen LogP contribution is -2.45. The molecule has 0 bridgehead atoms. The van der Waals surface area contributed by atoms with E-state index in [0.29, 0.717) is 35.6 Å². The van der Waals surface area contributed by atoms with Gasteiger partial charge in [-0.1, -0.05) is 36.5 Å². The Bertz CT molecular complexity index is 1680. The second kappa shape index (κ2) is 14.3. The summed E-state index contributed by atoms with van der Waals surface area (Å²) in [7, 11) is -7.85. The maximum absolute atomic E-state index is 15.1. The van der Waals surface area contributed by atoms with Gasteiger partial charge >= 0.3 is 10.1 Å². The van der Waals surface area contributed by atoms with Gasteiger partial charge in [-0.2, -0.15) is 21.9 Å². The lowest BCUT2D eigenvalue weighted by Gasteiger charge is -2.26. The summed E-state index contributed by atoms with van der Waals surface area (Å²) >= 11 is 12.5. The fraction of sp³-hybridized carbons (Fsp3) is 0.385. The molecule has 1 aliphatic heterocycles. The summed E-state index contributed by atoms with van der Waals surface area (Å²) in [4.78, 5) is 13.2. The molecule has 17 heteroatoms. The number of rotatable bonds is 8. The van der Waals surface area contributed by atoms with Gasteiger partial charge in [0.05, 0.1) is 28.4 Å². The Balaban J connectivity index is 0.000000934. The molecule has 1 amide bonds. The van der Waals surface area contributed by atoms with Crippen LogP contribution in [0.5, 0.6) is 5.75 Å². The molecule has 1 aliphatic rings. The first kappa shape index (κ1) is 34.7. The molecule has 1 fully saturated rings. The highest BCUT2D eigenvalue weighted by Crippen LogP contribution is 2.36. The second-order valence-corrected chi connectivity index (χ2v) is 13.7. The smallest absolute Gasteiger partial charge is 0.309 e. The van der Waals surface area contributed by atoms with Crippen LogP contribution in [-0.2, 0) is 20.2 Å². The zero-order valence-electron chi connectivity index (χ0n) is 23.4. The van der Waals surface area contributed by atoms with Crippen LogP contribution in [0, 0.1) is 18.6 Å². The van der Waals surface area contributed by atoms with Crippen LogP contribution in [-0.4, -0.2) is 67.2 Å². The van der Waals surface area contributed by atoms with Crippen molar-refractivity contribution in [3.8, 4) is 22.7 Å². The van der Waals surface area contributed by atoms with Crippen LogP contribution in [0.15, 0.2) is 30.3 Å². The number of hydrazine groups is 1. The Kier molecular flexibility index (Phi) is 11.5. The standard InChI is InChI=1S/C25H26Cl2F2N4O4S.CH4O3S/c1-3-11-38(35,36)37-24-19(28)12-16(13-20(24)29)23-15(2)22(25(34)31-32-9-5-4-6-10-32)30-33(23)21-8-7-17(26)14-18(21)27;1-5(2,3)4/h7-8,12-14H,3-6,9-11H2,1-2H3,(H,31,34);1H3,(H,2,3,4). The molecule has 1 saturated heterocycles. The monoisotopic (exact) mass is 682 g/mol. The van der Waals surface area contributed by atoms with Crippen LogP contribution >= 0.6 is 23.2 Å². The van der Waals surface area contributed by atoms with E-state index in [9.17, 15) is 21.6 Å². The number of benzene rings is 2. The van der Waals surface area contributed by atoms with Crippen molar-refractivity contribution in [1.29, 1.82) is 0 Å². The molecule has 0 radical (unpaired) electrons. The van der Waals surface area contributed by atoms with Crippen molar-refractivity contribution in [2.24, 2.45) is 0 Å². The van der Waals surface area contributed by atoms with Crippen molar-refractivity contribution in [2.75, 3.05) is 25.1 Å². The lowest BCUT2D eigenvalue weighted by atomic mass is 10.1. The van der Waals surface area contributed by atoms with Crippen LogP contribution in [0.1, 0.15) is 48.7 Å². The minimum atomic E-state index is -4.18. The quantitative estimate of drug-likeness (QED) is 0.242. The number of hydrogen-bond donors (Lipinski definition) is 2. The van der Waals surface area contributed by atoms with Crippen molar-refractivity contribution >= 4 is 49.3 Å². The van der Waals surface area contributed by atoms with Gasteiger partial charge in [0.25, 0.3) is 16.0 Å². The summed E-state index contributed by atoms with van der Waals surface area (Å²) in [5.41, 5.74) is 3.69. The molecule has 0 unspecified atom stereocenters. The fourth-order valence-corrected chi connectivity index (χ4v) is 5.76. The van der Waals surface area contributed by atoms with Crippen molar-refractivity contribution in [3.63, 3.8) is 0 Å². The first-order valence-corrected chi connectivity index (χ1v) is 17.1. The number of carbonyl (C=O) groups is 1. The van der Waals surface area contributed by atoms with Gasteiger partial charge in [0.15, 0.2) is 17.3 Å². The molecule has 1 aromatic heterocycles. The van der Waals surface area contributed by atoms with E-state index < -0.39 is 49.3 Å². The second-order valence-electron chi connectivity index (χ2n) is 9.67. The van der Waals surface area contributed by atoms with E-state index in [-0.39, 0.29) is 28.4 Å². The van der Waals surface area contributed by atoms with Crippen molar-refractivity contribution in [2.45, 2.75) is 39.5 Å². The summed E-state index contributed by atoms with van der Waals surface area (Å²) in [6.07, 6.45) is 3.90. The van der Waals surface area contributed by atoms with Gasteiger partial charge in [0, 0.05) is 29.2 Å². The van der Waals surface area contributed by atoms with Gasteiger partial charge in [0.2, 0.25) is 5.75 Å². The number of nitrogens with zero attached hydrogens (tertiary/aromatic N) is 3. The lowest BCUT2D eigenvalue weighted by molar-refractivity contribution is 0.0743. The molecule has 236 valence electrons. The topological polar surface area (TPSA) is 148 Å². The molecule has 4 rings (SSSR count). The number of carbonyl (C=O) groups excluding carboxylic acids is 1. The SMILES string of the molecule is CCCS(=O)(=O)Oc1c(F)cc(-c2c(C)c(C(=O)NN3CCCCC3)nn2-c2ccc(Cl)cc2Cl)cc1F.CS(=O)(=O)O. The number of halogens is 4. The van der Waals surface area contributed by atoms with E-state index in [4.69, 9.17) is 31.9 Å². The minimum absolute atomic E-state index is 0.00622. The van der Waals surface area contributed by atoms with E-state index in [1.54, 1.807) is 31.0 Å². The number of aromatic nitrogens is 2. The predicted molar refractivity (Wildman–Crippen MR) is 159 cm³/mol. The average molecular weight is 684 g/mol. The maximum atomic E-state index is 15.1. The molecule has 0 aliphatic carbocycles. The van der Waals surface area contributed by atoms with Crippen LogP contribution in [0.4, 0.5) is 8.78 Å². The zero-order chi connectivity index (χ0) is 32.1. The third kappa shape index (κ3) is 9.58. The van der Waals surface area contributed by atoms with E-state index >= 15 is 8.78 Å². The molecular weight excluding hydrogens is 653 g/mol. The third-order valence-corrected chi connectivity index (χ3v) is 7.89. The van der Waals surface area contributed by atoms with Gasteiger partial charge in [0.1, 0.15) is 0 Å². The summed E-state index contributed by atoms with van der Waals surface area (Å²) in [6.45, 7) is 4.58. The molecule has 11 nitrogen and oxygen atoms in total. The minimum Gasteiger partial charge on any atom is -0.376 e. The molecule has 0 spiro atoms. The fourth-order valence-electron chi connectivity index (χ4n) is 4.27. The van der Waals surface area contributed by atoms with Crippen LogP contribution in [0.25, 0.3) is 16.9 Å². The van der Waals surface area contributed by atoms with Gasteiger partial charge in [-0.15, -0.1) is 0 Å². The molecule has 2 aromatic carbocycles. The van der Waals surface area contributed by atoms with Crippen LogP contribution in [0.2, 0.25) is 10.0 Å². The number of nitrogens with one attached hydrogen (secondary N) is 1. The summed E-state index contributed by atoms with van der Waals surface area (Å²) in [5, 5.41) is 6.81. The van der Waals surface area contributed by atoms with Crippen LogP contribution < -0.4 is 9.61 Å². The first-order valence-electron chi connectivity index (χ1n) is 13.0. The Hall–Kier alpha value is -2.82. The number of amides is 1. The highest BCUT2D eigenvalue weighted by atomic mass is 35.5. The Morgan fingerprint density at radius 2 is 1.65 bits per heavy atom. The Labute approximate surface area is 258 Å². The zero-order valence-corrected chi connectivity index (χ0v) is 26.5. The van der Waals surface area contributed by atoms with Gasteiger partial charge < -0.3 is 4.18 Å². The van der Waals surface area contributed by atoms with E-state index in [1.165, 1.54) is 10.7 Å². The Morgan fingerprint density at radius 3 is 2.19 bits per heavy atom. The third-order valence-electron chi connectivity index (χ3n) is 6.03. The highest BCUT2D eigenvalue weighted by molar-refractivity contribution is 7.87. The largest absolute Gasteiger partial charge is 0.376 e. The summed E-state index contributed by atoms with van der Waals surface area (Å²) < 4.78 is 86.0. The highest BCUT2D eigenvalue weighted by Gasteiger charge is 2.27. The van der Waals surface area contributed by atoms with Gasteiger partial charge in [-0.05, 0) is 56.5 Å². The molecule has 43 heavy (non-hydrogen) atoms. The van der Waals surface area contributed by atoms with E-state index in [0.717, 1.165) is 31.4 Å². The molecule has 3 aromatic rings. The predicted octanol–water partition coefficient (Wildman–Crippen LogP) is 5.19. The Morgan fingerprint density at radius 1 is 1.07 bits per heavy atom. The molecule has 0 atom stereocenters. The summed E-state index contributed by atoms with van der Waals surface area (Å²) in [5.74, 6) is -4.37. The van der Waals surface area contributed by atoms with Crippen molar-refractivity contribution in [3.05, 3.63) is 63.3 Å². The van der Waals surface area contributed by atoms with Crippen molar-refractivity contribution in [1.82, 2.24) is 20.2 Å². The molecule has 2 N–H and O–H groups in total. The molecule has 0 saturated carbocycles. The van der Waals surface area contributed by atoms with Crippen molar-refractivity contribution < 1.29 is 39.1 Å².